The lowest BCUT2D eigenvalue weighted by molar-refractivity contribution is -0.181. The van der Waals surface area contributed by atoms with E-state index in [0.717, 1.165) is 13.8 Å². The molecule has 6 heteroatoms. The molecular weight excluding hydrogens is 221 g/mol. The Morgan fingerprint density at radius 1 is 1.31 bits per heavy atom. The zero-order chi connectivity index (χ0) is 12.6. The van der Waals surface area contributed by atoms with E-state index in [-0.39, 0.29) is 11.4 Å². The van der Waals surface area contributed by atoms with Gasteiger partial charge in [0.15, 0.2) is 0 Å². The molecule has 0 radical (unpaired) electrons. The monoisotopic (exact) mass is 234 g/mol. The van der Waals surface area contributed by atoms with E-state index < -0.39 is 11.6 Å². The smallest absolute Gasteiger partial charge is 0.399 e. The summed E-state index contributed by atoms with van der Waals surface area (Å²) in [7, 11) is 1.39. The van der Waals surface area contributed by atoms with Crippen LogP contribution in [0.3, 0.4) is 0 Å². The van der Waals surface area contributed by atoms with Gasteiger partial charge in [0, 0.05) is 6.07 Å². The Labute approximate surface area is 91.4 Å². The first kappa shape index (κ1) is 12.6. The molecule has 0 aliphatic carbocycles. The van der Waals surface area contributed by atoms with Crippen LogP contribution in [-0.4, -0.2) is 18.3 Å². The standard InChI is InChI=1S/C10H13F3N2O/c1-9(2,10(11,12)13)8-7(14)4-6(16-3)5-15-8/h4-5H,14H2,1-3H3. The van der Waals surface area contributed by atoms with Crippen LogP contribution in [0.2, 0.25) is 0 Å². The van der Waals surface area contributed by atoms with Crippen LogP contribution < -0.4 is 10.5 Å². The van der Waals surface area contributed by atoms with Crippen LogP contribution in [0.4, 0.5) is 18.9 Å². The van der Waals surface area contributed by atoms with Gasteiger partial charge in [-0.15, -0.1) is 0 Å². The van der Waals surface area contributed by atoms with Crippen molar-refractivity contribution < 1.29 is 17.9 Å². The van der Waals surface area contributed by atoms with Gasteiger partial charge in [-0.3, -0.25) is 4.98 Å². The van der Waals surface area contributed by atoms with Crippen LogP contribution >= 0.6 is 0 Å². The predicted octanol–water partition coefficient (Wildman–Crippen LogP) is 2.51. The van der Waals surface area contributed by atoms with E-state index in [1.54, 1.807) is 0 Å². The molecule has 0 amide bonds. The molecule has 0 atom stereocenters. The highest BCUT2D eigenvalue weighted by atomic mass is 19.4. The molecule has 1 heterocycles. The Balaban J connectivity index is 3.24. The van der Waals surface area contributed by atoms with Crippen molar-refractivity contribution in [2.45, 2.75) is 25.4 Å². The van der Waals surface area contributed by atoms with Crippen molar-refractivity contribution in [1.29, 1.82) is 0 Å². The number of pyridine rings is 1. The second-order valence-electron chi connectivity index (χ2n) is 3.94. The molecule has 0 aromatic carbocycles. The van der Waals surface area contributed by atoms with Gasteiger partial charge >= 0.3 is 6.18 Å². The average Bonchev–Trinajstić information content (AvgIpc) is 2.15. The third-order valence-corrected chi connectivity index (χ3v) is 2.43. The van der Waals surface area contributed by atoms with Crippen molar-refractivity contribution in [3.8, 4) is 5.75 Å². The average molecular weight is 234 g/mol. The summed E-state index contributed by atoms with van der Waals surface area (Å²) in [6.07, 6.45) is -3.18. The summed E-state index contributed by atoms with van der Waals surface area (Å²) in [5.41, 5.74) is 3.24. The lowest BCUT2D eigenvalue weighted by atomic mass is 9.87. The molecule has 0 spiro atoms. The number of rotatable bonds is 2. The zero-order valence-corrected chi connectivity index (χ0v) is 9.22. The van der Waals surface area contributed by atoms with Gasteiger partial charge in [0.05, 0.1) is 24.7 Å². The van der Waals surface area contributed by atoms with E-state index in [0.29, 0.717) is 5.75 Å². The maximum atomic E-state index is 12.8. The quantitative estimate of drug-likeness (QED) is 0.855. The number of nitrogen functional groups attached to an aromatic ring is 1. The van der Waals surface area contributed by atoms with E-state index in [9.17, 15) is 13.2 Å². The van der Waals surface area contributed by atoms with Gasteiger partial charge in [0.1, 0.15) is 11.2 Å². The molecule has 0 bridgehead atoms. The van der Waals surface area contributed by atoms with Gasteiger partial charge in [-0.2, -0.15) is 13.2 Å². The minimum atomic E-state index is -4.40. The number of alkyl halides is 3. The fourth-order valence-corrected chi connectivity index (χ4v) is 1.23. The molecule has 16 heavy (non-hydrogen) atoms. The van der Waals surface area contributed by atoms with Crippen LogP contribution in [0, 0.1) is 0 Å². The van der Waals surface area contributed by atoms with E-state index in [1.165, 1.54) is 19.4 Å². The first-order valence-electron chi connectivity index (χ1n) is 4.57. The second-order valence-corrected chi connectivity index (χ2v) is 3.94. The Kier molecular flexibility index (Phi) is 3.03. The van der Waals surface area contributed by atoms with Crippen LogP contribution in [0.25, 0.3) is 0 Å². The number of ether oxygens (including phenoxy) is 1. The van der Waals surface area contributed by atoms with E-state index in [2.05, 4.69) is 4.98 Å². The summed E-state index contributed by atoms with van der Waals surface area (Å²) >= 11 is 0. The van der Waals surface area contributed by atoms with Crippen molar-refractivity contribution in [2.75, 3.05) is 12.8 Å². The molecule has 90 valence electrons. The summed E-state index contributed by atoms with van der Waals surface area (Å²) in [6.45, 7) is 2.08. The van der Waals surface area contributed by atoms with Crippen molar-refractivity contribution in [1.82, 2.24) is 4.98 Å². The fraction of sp³-hybridized carbons (Fsp3) is 0.500. The third-order valence-electron chi connectivity index (χ3n) is 2.43. The molecular formula is C10H13F3N2O. The topological polar surface area (TPSA) is 48.1 Å². The molecule has 0 saturated carbocycles. The van der Waals surface area contributed by atoms with E-state index >= 15 is 0 Å². The normalized spacial score (nSPS) is 12.6. The van der Waals surface area contributed by atoms with E-state index in [1.807, 2.05) is 0 Å². The van der Waals surface area contributed by atoms with Crippen molar-refractivity contribution in [2.24, 2.45) is 0 Å². The molecule has 1 aromatic rings. The predicted molar refractivity (Wildman–Crippen MR) is 54.3 cm³/mol. The van der Waals surface area contributed by atoms with Gasteiger partial charge in [-0.05, 0) is 13.8 Å². The second kappa shape index (κ2) is 3.84. The highest BCUT2D eigenvalue weighted by Gasteiger charge is 2.50. The first-order valence-corrected chi connectivity index (χ1v) is 4.57. The van der Waals surface area contributed by atoms with E-state index in [4.69, 9.17) is 10.5 Å². The van der Waals surface area contributed by atoms with Gasteiger partial charge in [0.25, 0.3) is 0 Å². The van der Waals surface area contributed by atoms with Crippen LogP contribution in [0.5, 0.6) is 5.75 Å². The summed E-state index contributed by atoms with van der Waals surface area (Å²) in [5.74, 6) is 0.333. The van der Waals surface area contributed by atoms with Crippen molar-refractivity contribution in [3.05, 3.63) is 18.0 Å². The Morgan fingerprint density at radius 3 is 2.25 bits per heavy atom. The van der Waals surface area contributed by atoms with Gasteiger partial charge < -0.3 is 10.5 Å². The number of nitrogens with zero attached hydrogens (tertiary/aromatic N) is 1. The van der Waals surface area contributed by atoms with Crippen LogP contribution in [0.15, 0.2) is 12.3 Å². The molecule has 3 nitrogen and oxygen atoms in total. The summed E-state index contributed by atoms with van der Waals surface area (Å²) < 4.78 is 43.1. The lowest BCUT2D eigenvalue weighted by Crippen LogP contribution is -2.37. The number of nitrogens with two attached hydrogens (primary N) is 1. The number of methoxy groups -OCH3 is 1. The largest absolute Gasteiger partial charge is 0.495 e. The molecule has 0 aliphatic heterocycles. The Bertz CT molecular complexity index is 388. The third kappa shape index (κ3) is 2.05. The highest BCUT2D eigenvalue weighted by Crippen LogP contribution is 2.41. The maximum absolute atomic E-state index is 12.8. The van der Waals surface area contributed by atoms with Gasteiger partial charge in [0.2, 0.25) is 0 Å². The van der Waals surface area contributed by atoms with Gasteiger partial charge in [-0.1, -0.05) is 0 Å². The SMILES string of the molecule is COc1cnc(C(C)(C)C(F)(F)F)c(N)c1. The molecule has 0 saturated heterocycles. The summed E-state index contributed by atoms with van der Waals surface area (Å²) in [6, 6.07) is 1.33. The minimum Gasteiger partial charge on any atom is -0.495 e. The molecule has 0 fully saturated rings. The lowest BCUT2D eigenvalue weighted by Gasteiger charge is -2.28. The number of hydrogen-bond acceptors (Lipinski definition) is 3. The van der Waals surface area contributed by atoms with Gasteiger partial charge in [-0.25, -0.2) is 0 Å². The first-order chi connectivity index (χ1) is 7.20. The van der Waals surface area contributed by atoms with Crippen LogP contribution in [-0.2, 0) is 5.41 Å². The van der Waals surface area contributed by atoms with Crippen molar-refractivity contribution in [3.63, 3.8) is 0 Å². The number of anilines is 1. The van der Waals surface area contributed by atoms with Crippen LogP contribution in [0.1, 0.15) is 19.5 Å². The fourth-order valence-electron chi connectivity index (χ4n) is 1.23. The minimum absolute atomic E-state index is 0.0262. The number of aromatic nitrogens is 1. The summed E-state index contributed by atoms with van der Waals surface area (Å²) in [5, 5.41) is 0. The molecule has 1 aromatic heterocycles. The molecule has 1 rings (SSSR count). The molecule has 0 unspecified atom stereocenters. The Morgan fingerprint density at radius 2 is 1.88 bits per heavy atom. The maximum Gasteiger partial charge on any atom is 0.399 e. The summed E-state index contributed by atoms with van der Waals surface area (Å²) in [4.78, 5) is 3.72. The number of hydrogen-bond donors (Lipinski definition) is 1. The molecule has 0 aliphatic rings. The zero-order valence-electron chi connectivity index (χ0n) is 9.22. The number of halogens is 3. The highest BCUT2D eigenvalue weighted by molar-refractivity contribution is 5.50. The molecule has 2 N–H and O–H groups in total. The van der Waals surface area contributed by atoms with Crippen molar-refractivity contribution >= 4 is 5.69 Å². The Hall–Kier alpha value is -1.46.